The first-order valence-corrected chi connectivity index (χ1v) is 7.07. The third-order valence-electron chi connectivity index (χ3n) is 3.89. The Morgan fingerprint density at radius 2 is 1.94 bits per heavy atom. The minimum absolute atomic E-state index is 0.352. The van der Waals surface area contributed by atoms with Crippen LogP contribution >= 0.6 is 0 Å². The molecule has 3 nitrogen and oxygen atoms in total. The zero-order valence-corrected chi connectivity index (χ0v) is 11.7. The van der Waals surface area contributed by atoms with Gasteiger partial charge in [0, 0.05) is 30.4 Å². The van der Waals surface area contributed by atoms with Crippen LogP contribution in [0.2, 0.25) is 0 Å². The van der Waals surface area contributed by atoms with E-state index < -0.39 is 0 Å². The zero-order valence-electron chi connectivity index (χ0n) is 11.7. The van der Waals surface area contributed by atoms with Crippen molar-refractivity contribution >= 4 is 0 Å². The van der Waals surface area contributed by atoms with Gasteiger partial charge in [-0.15, -0.1) is 0 Å². The molecule has 3 N–H and O–H groups in total. The van der Waals surface area contributed by atoms with Crippen molar-refractivity contribution in [3.8, 4) is 0 Å². The SMILES string of the molecule is C=C(N)C1CCC(CN(C)C2CCC2)N1.CC. The molecule has 0 aromatic carbocycles. The first-order chi connectivity index (χ1) is 8.16. The number of nitrogens with two attached hydrogens (primary N) is 1. The Bertz CT molecular complexity index is 236. The summed E-state index contributed by atoms with van der Waals surface area (Å²) >= 11 is 0. The molecular formula is C14H29N3. The number of hydrogen-bond acceptors (Lipinski definition) is 3. The first kappa shape index (κ1) is 14.5. The van der Waals surface area contributed by atoms with E-state index in [-0.39, 0.29) is 0 Å². The second kappa shape index (κ2) is 7.02. The van der Waals surface area contributed by atoms with Gasteiger partial charge in [0.05, 0.1) is 0 Å². The van der Waals surface area contributed by atoms with Crippen molar-refractivity contribution in [3.63, 3.8) is 0 Å². The highest BCUT2D eigenvalue weighted by Gasteiger charge is 2.28. The van der Waals surface area contributed by atoms with E-state index in [0.717, 1.165) is 24.7 Å². The minimum atomic E-state index is 0.352. The van der Waals surface area contributed by atoms with Crippen LogP contribution in [0, 0.1) is 0 Å². The number of nitrogens with zero attached hydrogens (tertiary/aromatic N) is 1. The molecule has 17 heavy (non-hydrogen) atoms. The fourth-order valence-corrected chi connectivity index (χ4v) is 2.58. The number of rotatable bonds is 4. The maximum Gasteiger partial charge on any atom is 0.0464 e. The molecule has 1 aliphatic carbocycles. The molecule has 0 amide bonds. The van der Waals surface area contributed by atoms with Crippen LogP contribution < -0.4 is 11.1 Å². The van der Waals surface area contributed by atoms with Crippen LogP contribution in [0.4, 0.5) is 0 Å². The summed E-state index contributed by atoms with van der Waals surface area (Å²) < 4.78 is 0. The maximum atomic E-state index is 5.72. The molecule has 2 rings (SSSR count). The average Bonchev–Trinajstić information content (AvgIpc) is 2.66. The molecule has 100 valence electrons. The topological polar surface area (TPSA) is 41.3 Å². The smallest absolute Gasteiger partial charge is 0.0464 e. The third kappa shape index (κ3) is 4.00. The summed E-state index contributed by atoms with van der Waals surface area (Å²) in [7, 11) is 2.25. The van der Waals surface area contributed by atoms with Gasteiger partial charge in [-0.3, -0.25) is 0 Å². The molecule has 2 atom stereocenters. The second-order valence-electron chi connectivity index (χ2n) is 5.09. The zero-order chi connectivity index (χ0) is 12.8. The molecular weight excluding hydrogens is 210 g/mol. The monoisotopic (exact) mass is 239 g/mol. The largest absolute Gasteiger partial charge is 0.401 e. The Labute approximate surface area is 106 Å². The van der Waals surface area contributed by atoms with E-state index in [1.54, 1.807) is 0 Å². The quantitative estimate of drug-likeness (QED) is 0.789. The van der Waals surface area contributed by atoms with Crippen LogP contribution in [0.15, 0.2) is 12.3 Å². The Morgan fingerprint density at radius 1 is 1.29 bits per heavy atom. The Kier molecular flexibility index (Phi) is 6.00. The third-order valence-corrected chi connectivity index (χ3v) is 3.89. The molecule has 2 fully saturated rings. The van der Waals surface area contributed by atoms with Crippen molar-refractivity contribution in [2.45, 2.75) is 64.1 Å². The predicted molar refractivity (Wildman–Crippen MR) is 74.9 cm³/mol. The molecule has 0 bridgehead atoms. The predicted octanol–water partition coefficient (Wildman–Crippen LogP) is 2.09. The lowest BCUT2D eigenvalue weighted by Gasteiger charge is -2.36. The van der Waals surface area contributed by atoms with E-state index in [1.807, 2.05) is 13.8 Å². The van der Waals surface area contributed by atoms with Crippen molar-refractivity contribution in [2.24, 2.45) is 5.73 Å². The summed E-state index contributed by atoms with van der Waals surface area (Å²) in [6.07, 6.45) is 6.57. The maximum absolute atomic E-state index is 5.72. The molecule has 0 radical (unpaired) electrons. The lowest BCUT2D eigenvalue weighted by molar-refractivity contribution is 0.148. The Morgan fingerprint density at radius 3 is 2.35 bits per heavy atom. The minimum Gasteiger partial charge on any atom is -0.401 e. The first-order valence-electron chi connectivity index (χ1n) is 7.07. The van der Waals surface area contributed by atoms with Gasteiger partial charge in [0.15, 0.2) is 0 Å². The molecule has 2 aliphatic rings. The van der Waals surface area contributed by atoms with Gasteiger partial charge in [-0.1, -0.05) is 26.8 Å². The van der Waals surface area contributed by atoms with Gasteiger partial charge in [0.25, 0.3) is 0 Å². The number of likely N-dealkylation sites (N-methyl/N-ethyl adjacent to an activating group) is 1. The summed E-state index contributed by atoms with van der Waals surface area (Å²) in [5.74, 6) is 0. The van der Waals surface area contributed by atoms with E-state index in [2.05, 4.69) is 23.8 Å². The molecule has 1 saturated carbocycles. The van der Waals surface area contributed by atoms with Crippen molar-refractivity contribution in [1.82, 2.24) is 10.2 Å². The molecule has 2 unspecified atom stereocenters. The van der Waals surface area contributed by atoms with Crippen LogP contribution in [0.5, 0.6) is 0 Å². The van der Waals surface area contributed by atoms with Gasteiger partial charge in [0.1, 0.15) is 0 Å². The van der Waals surface area contributed by atoms with E-state index in [4.69, 9.17) is 5.73 Å². The summed E-state index contributed by atoms with van der Waals surface area (Å²) in [6.45, 7) is 8.98. The highest BCUT2D eigenvalue weighted by Crippen LogP contribution is 2.25. The van der Waals surface area contributed by atoms with E-state index in [0.29, 0.717) is 12.1 Å². The van der Waals surface area contributed by atoms with Crippen molar-refractivity contribution in [1.29, 1.82) is 0 Å². The van der Waals surface area contributed by atoms with Crippen LogP contribution in [0.3, 0.4) is 0 Å². The molecule has 1 heterocycles. The molecule has 0 spiro atoms. The molecule has 1 aliphatic heterocycles. The van der Waals surface area contributed by atoms with Crippen LogP contribution in [-0.4, -0.2) is 36.6 Å². The van der Waals surface area contributed by atoms with Crippen LogP contribution in [0.25, 0.3) is 0 Å². The van der Waals surface area contributed by atoms with Gasteiger partial charge in [0.2, 0.25) is 0 Å². The second-order valence-corrected chi connectivity index (χ2v) is 5.09. The summed E-state index contributed by atoms with van der Waals surface area (Å²) in [4.78, 5) is 2.50. The average molecular weight is 239 g/mol. The Balaban J connectivity index is 0.000000686. The van der Waals surface area contributed by atoms with Crippen molar-refractivity contribution in [2.75, 3.05) is 13.6 Å². The summed E-state index contributed by atoms with van der Waals surface area (Å²) in [6, 6.07) is 1.80. The molecule has 0 aromatic heterocycles. The molecule has 0 aromatic rings. The van der Waals surface area contributed by atoms with Gasteiger partial charge < -0.3 is 16.0 Å². The van der Waals surface area contributed by atoms with Crippen LogP contribution in [-0.2, 0) is 0 Å². The van der Waals surface area contributed by atoms with Crippen LogP contribution in [0.1, 0.15) is 46.0 Å². The van der Waals surface area contributed by atoms with Crippen molar-refractivity contribution in [3.05, 3.63) is 12.3 Å². The normalized spacial score (nSPS) is 28.5. The standard InChI is InChI=1S/C12H23N3.C2H6/c1-9(13)12-7-6-10(14-12)8-15(2)11-4-3-5-11;1-2/h10-12,14H,1,3-8,13H2,2H3;1-2H3. The molecule has 3 heteroatoms. The fraction of sp³-hybridized carbons (Fsp3) is 0.857. The Hall–Kier alpha value is -0.540. The van der Waals surface area contributed by atoms with Gasteiger partial charge in [-0.2, -0.15) is 0 Å². The molecule has 1 saturated heterocycles. The lowest BCUT2D eigenvalue weighted by Crippen LogP contribution is -2.45. The summed E-state index contributed by atoms with van der Waals surface area (Å²) in [5.41, 5.74) is 6.51. The van der Waals surface area contributed by atoms with Gasteiger partial charge in [-0.25, -0.2) is 0 Å². The van der Waals surface area contributed by atoms with Gasteiger partial charge in [-0.05, 0) is 32.7 Å². The van der Waals surface area contributed by atoms with Crippen molar-refractivity contribution < 1.29 is 0 Å². The highest BCUT2D eigenvalue weighted by molar-refractivity contribution is 5.05. The summed E-state index contributed by atoms with van der Waals surface area (Å²) in [5, 5.41) is 3.56. The number of nitrogens with one attached hydrogen (secondary N) is 1. The van der Waals surface area contributed by atoms with E-state index in [1.165, 1.54) is 25.7 Å². The van der Waals surface area contributed by atoms with Gasteiger partial charge >= 0.3 is 0 Å². The lowest BCUT2D eigenvalue weighted by atomic mass is 9.91. The number of hydrogen-bond donors (Lipinski definition) is 2. The van der Waals surface area contributed by atoms with E-state index >= 15 is 0 Å². The fourth-order valence-electron chi connectivity index (χ4n) is 2.58. The highest BCUT2D eigenvalue weighted by atomic mass is 15.2. The van der Waals surface area contributed by atoms with E-state index in [9.17, 15) is 0 Å².